The van der Waals surface area contributed by atoms with Gasteiger partial charge < -0.3 is 15.3 Å². The van der Waals surface area contributed by atoms with Gasteiger partial charge >= 0.3 is 5.97 Å². The number of carboxylic acid groups (broad SMARTS) is 1. The lowest BCUT2D eigenvalue weighted by molar-refractivity contribution is -0.112. The van der Waals surface area contributed by atoms with E-state index in [-0.39, 0.29) is 34.8 Å². The van der Waals surface area contributed by atoms with E-state index in [0.29, 0.717) is 13.1 Å². The van der Waals surface area contributed by atoms with E-state index in [2.05, 4.69) is 5.32 Å². The van der Waals surface area contributed by atoms with Gasteiger partial charge in [0.15, 0.2) is 0 Å². The molecule has 2 N–H and O–H groups in total. The lowest BCUT2D eigenvalue weighted by Gasteiger charge is -2.33. The second kappa shape index (κ2) is 9.42. The second-order valence-electron chi connectivity index (χ2n) is 6.75. The molecule has 160 valence electrons. The van der Waals surface area contributed by atoms with Crippen molar-refractivity contribution in [3.05, 3.63) is 71.9 Å². The van der Waals surface area contributed by atoms with Crippen LogP contribution in [-0.4, -0.2) is 60.8 Å². The van der Waals surface area contributed by atoms with E-state index in [9.17, 15) is 23.3 Å². The molecule has 0 saturated carbocycles. The zero-order valence-corrected chi connectivity index (χ0v) is 17.2. The van der Waals surface area contributed by atoms with Crippen LogP contribution in [0.25, 0.3) is 0 Å². The van der Waals surface area contributed by atoms with Crippen molar-refractivity contribution in [1.29, 1.82) is 5.26 Å². The Morgan fingerprint density at radius 2 is 1.71 bits per heavy atom. The smallest absolute Gasteiger partial charge is 0.335 e. The highest BCUT2D eigenvalue weighted by Crippen LogP contribution is 2.18. The molecule has 0 radical (unpaired) electrons. The molecule has 0 bridgehead atoms. The average molecular weight is 440 g/mol. The summed E-state index contributed by atoms with van der Waals surface area (Å²) in [6.07, 6.45) is 1.39. The standard InChI is InChI=1S/C21H20N4O5S/c22-14-17(20(26)23-18-6-4-5-16(13-18)21(27)28)15-24-9-11-25(12-10-24)31(29,30)19-7-2-1-3-8-19/h1-8,13,15H,9-12H2,(H,23,26)(H,27,28)/b17-15-. The topological polar surface area (TPSA) is 131 Å². The Morgan fingerprint density at radius 3 is 2.32 bits per heavy atom. The highest BCUT2D eigenvalue weighted by molar-refractivity contribution is 7.89. The van der Waals surface area contributed by atoms with Crippen LogP contribution in [0.1, 0.15) is 10.4 Å². The molecule has 1 fully saturated rings. The van der Waals surface area contributed by atoms with Crippen LogP contribution in [-0.2, 0) is 14.8 Å². The molecule has 9 nitrogen and oxygen atoms in total. The second-order valence-corrected chi connectivity index (χ2v) is 8.69. The number of aromatic carboxylic acids is 1. The van der Waals surface area contributed by atoms with E-state index >= 15 is 0 Å². The summed E-state index contributed by atoms with van der Waals surface area (Å²) >= 11 is 0. The fourth-order valence-electron chi connectivity index (χ4n) is 3.06. The molecule has 1 heterocycles. The van der Waals surface area contributed by atoms with Gasteiger partial charge in [-0.15, -0.1) is 0 Å². The first-order valence-corrected chi connectivity index (χ1v) is 10.8. The third-order valence-electron chi connectivity index (χ3n) is 4.70. The number of amides is 1. The number of carbonyl (C=O) groups is 2. The molecule has 2 aromatic carbocycles. The third-order valence-corrected chi connectivity index (χ3v) is 6.61. The van der Waals surface area contributed by atoms with Gasteiger partial charge in [-0.3, -0.25) is 4.79 Å². The molecule has 1 aliphatic heterocycles. The number of hydrogen-bond acceptors (Lipinski definition) is 6. The number of nitrogens with zero attached hydrogens (tertiary/aromatic N) is 3. The van der Waals surface area contributed by atoms with Crippen LogP contribution in [0.5, 0.6) is 0 Å². The Morgan fingerprint density at radius 1 is 1.03 bits per heavy atom. The summed E-state index contributed by atoms with van der Waals surface area (Å²) in [4.78, 5) is 25.4. The fraction of sp³-hybridized carbons (Fsp3) is 0.190. The number of benzene rings is 2. The van der Waals surface area contributed by atoms with E-state index in [1.807, 2.05) is 6.07 Å². The monoisotopic (exact) mass is 440 g/mol. The summed E-state index contributed by atoms with van der Waals surface area (Å²) in [5.74, 6) is -1.81. The fourth-order valence-corrected chi connectivity index (χ4v) is 4.51. The van der Waals surface area contributed by atoms with Crippen molar-refractivity contribution in [1.82, 2.24) is 9.21 Å². The predicted molar refractivity (Wildman–Crippen MR) is 113 cm³/mol. The third kappa shape index (κ3) is 5.28. The minimum absolute atomic E-state index is 0.0102. The van der Waals surface area contributed by atoms with Gasteiger partial charge in [-0.25, -0.2) is 13.2 Å². The van der Waals surface area contributed by atoms with Crippen molar-refractivity contribution in [3.63, 3.8) is 0 Å². The Hall–Kier alpha value is -3.68. The maximum absolute atomic E-state index is 12.7. The molecule has 1 aliphatic rings. The molecule has 0 aromatic heterocycles. The van der Waals surface area contributed by atoms with Gasteiger partial charge in [0.25, 0.3) is 5.91 Å². The molecule has 0 atom stereocenters. The van der Waals surface area contributed by atoms with Crippen LogP contribution in [0.2, 0.25) is 0 Å². The molecule has 1 amide bonds. The van der Waals surface area contributed by atoms with Crippen molar-refractivity contribution >= 4 is 27.6 Å². The Labute approximate surface area is 179 Å². The predicted octanol–water partition coefficient (Wildman–Crippen LogP) is 1.74. The van der Waals surface area contributed by atoms with E-state index in [4.69, 9.17) is 5.11 Å². The molecule has 1 saturated heterocycles. The number of rotatable bonds is 6. The van der Waals surface area contributed by atoms with E-state index in [1.165, 1.54) is 34.8 Å². The molecule has 0 spiro atoms. The van der Waals surface area contributed by atoms with Crippen molar-refractivity contribution in [3.8, 4) is 6.07 Å². The molecular weight excluding hydrogens is 420 g/mol. The van der Waals surface area contributed by atoms with Crippen molar-refractivity contribution in [2.45, 2.75) is 4.90 Å². The van der Waals surface area contributed by atoms with Crippen molar-refractivity contribution in [2.75, 3.05) is 31.5 Å². The molecule has 2 aromatic rings. The van der Waals surface area contributed by atoms with Crippen LogP contribution in [0.3, 0.4) is 0 Å². The molecule has 10 heteroatoms. The largest absolute Gasteiger partial charge is 0.478 e. The van der Waals surface area contributed by atoms with Gasteiger partial charge in [0.1, 0.15) is 11.6 Å². The van der Waals surface area contributed by atoms with Crippen LogP contribution in [0.15, 0.2) is 71.3 Å². The normalized spacial score (nSPS) is 15.2. The Balaban J connectivity index is 1.65. The number of nitrogens with one attached hydrogen (secondary N) is 1. The number of nitriles is 1. The zero-order valence-electron chi connectivity index (χ0n) is 16.4. The lowest BCUT2D eigenvalue weighted by atomic mass is 10.2. The number of anilines is 1. The quantitative estimate of drug-likeness (QED) is 0.517. The Bertz CT molecular complexity index is 1150. The van der Waals surface area contributed by atoms with Crippen molar-refractivity contribution in [2.24, 2.45) is 0 Å². The number of carboxylic acids is 1. The lowest BCUT2D eigenvalue weighted by Crippen LogP contribution is -2.46. The first kappa shape index (κ1) is 22.0. The van der Waals surface area contributed by atoms with Gasteiger partial charge in [0.2, 0.25) is 10.0 Å². The number of sulfonamides is 1. The van der Waals surface area contributed by atoms with Crippen LogP contribution < -0.4 is 5.32 Å². The van der Waals surface area contributed by atoms with E-state index < -0.39 is 21.9 Å². The van der Waals surface area contributed by atoms with Gasteiger partial charge in [-0.1, -0.05) is 24.3 Å². The Kier molecular flexibility index (Phi) is 6.69. The summed E-state index contributed by atoms with van der Waals surface area (Å²) < 4.78 is 26.8. The minimum Gasteiger partial charge on any atom is -0.478 e. The molecule has 31 heavy (non-hydrogen) atoms. The van der Waals surface area contributed by atoms with Crippen LogP contribution in [0.4, 0.5) is 5.69 Å². The summed E-state index contributed by atoms with van der Waals surface area (Å²) in [6, 6.07) is 15.7. The minimum atomic E-state index is -3.59. The first-order valence-electron chi connectivity index (χ1n) is 9.37. The SMILES string of the molecule is N#C/C(=C/N1CCN(S(=O)(=O)c2ccccc2)CC1)C(=O)Nc1cccc(C(=O)O)c1. The van der Waals surface area contributed by atoms with E-state index in [1.54, 1.807) is 35.2 Å². The maximum Gasteiger partial charge on any atom is 0.335 e. The van der Waals surface area contributed by atoms with Gasteiger partial charge in [-0.05, 0) is 30.3 Å². The highest BCUT2D eigenvalue weighted by atomic mass is 32.2. The molecular formula is C21H20N4O5S. The maximum atomic E-state index is 12.7. The first-order chi connectivity index (χ1) is 14.8. The van der Waals surface area contributed by atoms with Crippen LogP contribution >= 0.6 is 0 Å². The summed E-state index contributed by atoms with van der Waals surface area (Å²) in [5.41, 5.74) is 0.0981. The molecule has 0 aliphatic carbocycles. The average Bonchev–Trinajstić information content (AvgIpc) is 2.78. The summed E-state index contributed by atoms with van der Waals surface area (Å²) in [7, 11) is -3.59. The highest BCUT2D eigenvalue weighted by Gasteiger charge is 2.28. The number of hydrogen-bond donors (Lipinski definition) is 2. The zero-order chi connectivity index (χ0) is 22.4. The van der Waals surface area contributed by atoms with Gasteiger partial charge in [0, 0.05) is 38.1 Å². The summed E-state index contributed by atoms with van der Waals surface area (Å²) in [6.45, 7) is 1.07. The van der Waals surface area contributed by atoms with Gasteiger partial charge in [-0.2, -0.15) is 9.57 Å². The number of carbonyl (C=O) groups excluding carboxylic acids is 1. The van der Waals surface area contributed by atoms with E-state index in [0.717, 1.165) is 0 Å². The molecule has 3 rings (SSSR count). The van der Waals surface area contributed by atoms with Gasteiger partial charge in [0.05, 0.1) is 10.5 Å². The molecule has 0 unspecified atom stereocenters. The number of piperazine rings is 1. The van der Waals surface area contributed by atoms with Crippen LogP contribution in [0, 0.1) is 11.3 Å². The van der Waals surface area contributed by atoms with Crippen molar-refractivity contribution < 1.29 is 23.1 Å². The summed E-state index contributed by atoms with van der Waals surface area (Å²) in [5, 5.41) is 20.9.